The van der Waals surface area contributed by atoms with E-state index in [1.165, 1.54) is 24.8 Å². The van der Waals surface area contributed by atoms with E-state index >= 15 is 0 Å². The summed E-state index contributed by atoms with van der Waals surface area (Å²) >= 11 is 0. The molecule has 1 aliphatic rings. The van der Waals surface area contributed by atoms with Crippen molar-refractivity contribution in [1.82, 2.24) is 10.3 Å². The van der Waals surface area contributed by atoms with Crippen LogP contribution in [0.15, 0.2) is 18.3 Å². The summed E-state index contributed by atoms with van der Waals surface area (Å²) in [7, 11) is 0. The highest BCUT2D eigenvalue weighted by Crippen LogP contribution is 2.26. The summed E-state index contributed by atoms with van der Waals surface area (Å²) in [4.78, 5) is 7.03. The van der Waals surface area contributed by atoms with Gasteiger partial charge in [-0.1, -0.05) is 6.92 Å². The highest BCUT2D eigenvalue weighted by atomic mass is 15.2. The Hall–Kier alpha value is -1.09. The molecule has 0 aliphatic carbocycles. The fourth-order valence-corrected chi connectivity index (χ4v) is 2.66. The zero-order valence-electron chi connectivity index (χ0n) is 12.7. The van der Waals surface area contributed by atoms with E-state index in [9.17, 15) is 0 Å². The fraction of sp³-hybridized carbons (Fsp3) is 0.688. The Kier molecular flexibility index (Phi) is 4.46. The number of hydrogen-bond donors (Lipinski definition) is 1. The summed E-state index contributed by atoms with van der Waals surface area (Å²) in [6.45, 7) is 10.9. The van der Waals surface area contributed by atoms with E-state index in [1.807, 2.05) is 6.20 Å². The molecule has 2 rings (SSSR count). The first kappa shape index (κ1) is 14.3. The number of aromatic nitrogens is 1. The van der Waals surface area contributed by atoms with Crippen molar-refractivity contribution < 1.29 is 0 Å². The summed E-state index contributed by atoms with van der Waals surface area (Å²) in [5.41, 5.74) is 1.48. The van der Waals surface area contributed by atoms with Gasteiger partial charge in [-0.05, 0) is 57.7 Å². The molecule has 1 unspecified atom stereocenters. The lowest BCUT2D eigenvalue weighted by Gasteiger charge is -2.25. The van der Waals surface area contributed by atoms with Gasteiger partial charge in [-0.15, -0.1) is 0 Å². The lowest BCUT2D eigenvalue weighted by molar-refractivity contribution is 0.424. The minimum absolute atomic E-state index is 0.156. The van der Waals surface area contributed by atoms with Crippen molar-refractivity contribution in [1.29, 1.82) is 0 Å². The van der Waals surface area contributed by atoms with Gasteiger partial charge < -0.3 is 10.2 Å². The van der Waals surface area contributed by atoms with Crippen LogP contribution >= 0.6 is 0 Å². The zero-order chi connectivity index (χ0) is 13.9. The Morgan fingerprint density at radius 3 is 2.89 bits per heavy atom. The molecule has 1 atom stereocenters. The predicted molar refractivity (Wildman–Crippen MR) is 81.5 cm³/mol. The minimum atomic E-state index is 0.156. The Bertz CT molecular complexity index is 409. The third kappa shape index (κ3) is 3.93. The molecule has 0 bridgehead atoms. The van der Waals surface area contributed by atoms with E-state index in [0.29, 0.717) is 6.04 Å². The van der Waals surface area contributed by atoms with Crippen molar-refractivity contribution >= 4 is 5.82 Å². The van der Waals surface area contributed by atoms with Crippen LogP contribution in [-0.2, 0) is 6.54 Å². The summed E-state index contributed by atoms with van der Waals surface area (Å²) in [6.07, 6.45) is 5.76. The third-order valence-electron chi connectivity index (χ3n) is 3.78. The average molecular weight is 261 g/mol. The molecule has 1 N–H and O–H groups in total. The topological polar surface area (TPSA) is 28.2 Å². The van der Waals surface area contributed by atoms with Gasteiger partial charge in [0, 0.05) is 30.9 Å². The first-order valence-electron chi connectivity index (χ1n) is 7.46. The molecule has 0 spiro atoms. The number of hydrogen-bond acceptors (Lipinski definition) is 3. The maximum atomic E-state index is 4.56. The van der Waals surface area contributed by atoms with Crippen LogP contribution in [0.4, 0.5) is 5.82 Å². The average Bonchev–Trinajstić information content (AvgIpc) is 2.84. The normalized spacial score (nSPS) is 20.0. The van der Waals surface area contributed by atoms with Crippen LogP contribution in [0.5, 0.6) is 0 Å². The Balaban J connectivity index is 2.06. The van der Waals surface area contributed by atoms with E-state index in [1.54, 1.807) is 0 Å². The van der Waals surface area contributed by atoms with E-state index in [-0.39, 0.29) is 5.54 Å². The Labute approximate surface area is 117 Å². The van der Waals surface area contributed by atoms with Gasteiger partial charge >= 0.3 is 0 Å². The molecule has 3 nitrogen and oxygen atoms in total. The number of nitrogens with one attached hydrogen (secondary N) is 1. The number of anilines is 1. The molecule has 0 aromatic carbocycles. The van der Waals surface area contributed by atoms with Crippen LogP contribution in [-0.4, -0.2) is 23.1 Å². The van der Waals surface area contributed by atoms with Crippen LogP contribution in [0.2, 0.25) is 0 Å². The fourth-order valence-electron chi connectivity index (χ4n) is 2.66. The van der Waals surface area contributed by atoms with Gasteiger partial charge in [0.1, 0.15) is 5.82 Å². The van der Waals surface area contributed by atoms with Gasteiger partial charge in [-0.3, -0.25) is 0 Å². The number of pyridine rings is 1. The first-order valence-corrected chi connectivity index (χ1v) is 7.46. The molecule has 3 heteroatoms. The van der Waals surface area contributed by atoms with Crippen molar-refractivity contribution in [3.8, 4) is 0 Å². The molecule has 1 aromatic heterocycles. The second-order valence-corrected chi connectivity index (χ2v) is 6.52. The molecule has 0 radical (unpaired) electrons. The minimum Gasteiger partial charge on any atom is -0.354 e. The Morgan fingerprint density at radius 1 is 1.42 bits per heavy atom. The maximum Gasteiger partial charge on any atom is 0.129 e. The lowest BCUT2D eigenvalue weighted by atomic mass is 10.1. The van der Waals surface area contributed by atoms with Crippen molar-refractivity contribution in [3.05, 3.63) is 23.9 Å². The second-order valence-electron chi connectivity index (χ2n) is 6.52. The molecule has 1 aromatic rings. The molecule has 1 fully saturated rings. The molecule has 0 saturated carbocycles. The summed E-state index contributed by atoms with van der Waals surface area (Å²) < 4.78 is 0. The standard InChI is InChI=1S/C16H27N3/c1-5-14-7-6-10-19(14)15-11-13(8-9-17-15)12-18-16(2,3)4/h8-9,11,14,18H,5-7,10,12H2,1-4H3. The van der Waals surface area contributed by atoms with E-state index in [0.717, 1.165) is 18.9 Å². The molecule has 1 aliphatic heterocycles. The van der Waals surface area contributed by atoms with E-state index in [2.05, 4.69) is 55.0 Å². The quantitative estimate of drug-likeness (QED) is 0.901. The van der Waals surface area contributed by atoms with Gasteiger partial charge in [0.15, 0.2) is 0 Å². The van der Waals surface area contributed by atoms with Crippen LogP contribution in [0, 0.1) is 0 Å². The largest absolute Gasteiger partial charge is 0.354 e. The van der Waals surface area contributed by atoms with Gasteiger partial charge in [0.25, 0.3) is 0 Å². The van der Waals surface area contributed by atoms with Crippen molar-refractivity contribution in [2.24, 2.45) is 0 Å². The van der Waals surface area contributed by atoms with Gasteiger partial charge in [-0.25, -0.2) is 4.98 Å². The molecular formula is C16H27N3. The predicted octanol–water partition coefficient (Wildman–Crippen LogP) is 3.35. The first-order chi connectivity index (χ1) is 8.99. The number of nitrogens with zero attached hydrogens (tertiary/aromatic N) is 2. The van der Waals surface area contributed by atoms with Gasteiger partial charge in [0.2, 0.25) is 0 Å². The second kappa shape index (κ2) is 5.91. The summed E-state index contributed by atoms with van der Waals surface area (Å²) in [5.74, 6) is 1.15. The van der Waals surface area contributed by atoms with Crippen LogP contribution in [0.25, 0.3) is 0 Å². The maximum absolute atomic E-state index is 4.56. The monoisotopic (exact) mass is 261 g/mol. The van der Waals surface area contributed by atoms with Crippen molar-refractivity contribution in [3.63, 3.8) is 0 Å². The lowest BCUT2D eigenvalue weighted by Crippen LogP contribution is -2.35. The van der Waals surface area contributed by atoms with Crippen LogP contribution < -0.4 is 10.2 Å². The molecule has 2 heterocycles. The molecule has 0 amide bonds. The van der Waals surface area contributed by atoms with Crippen molar-refractivity contribution in [2.75, 3.05) is 11.4 Å². The van der Waals surface area contributed by atoms with E-state index < -0.39 is 0 Å². The van der Waals surface area contributed by atoms with Crippen LogP contribution in [0.1, 0.15) is 52.5 Å². The summed E-state index contributed by atoms with van der Waals surface area (Å²) in [6, 6.07) is 5.03. The highest BCUT2D eigenvalue weighted by Gasteiger charge is 2.24. The summed E-state index contributed by atoms with van der Waals surface area (Å²) in [5, 5.41) is 3.53. The highest BCUT2D eigenvalue weighted by molar-refractivity contribution is 5.43. The molecule has 19 heavy (non-hydrogen) atoms. The molecule has 1 saturated heterocycles. The third-order valence-corrected chi connectivity index (χ3v) is 3.78. The molecular weight excluding hydrogens is 234 g/mol. The molecule has 106 valence electrons. The SMILES string of the molecule is CCC1CCCN1c1cc(CNC(C)(C)C)ccn1. The van der Waals surface area contributed by atoms with Gasteiger partial charge in [-0.2, -0.15) is 0 Å². The van der Waals surface area contributed by atoms with Gasteiger partial charge in [0.05, 0.1) is 0 Å². The Morgan fingerprint density at radius 2 is 2.21 bits per heavy atom. The zero-order valence-corrected chi connectivity index (χ0v) is 12.7. The van der Waals surface area contributed by atoms with Crippen LogP contribution in [0.3, 0.4) is 0 Å². The smallest absolute Gasteiger partial charge is 0.129 e. The van der Waals surface area contributed by atoms with E-state index in [4.69, 9.17) is 0 Å². The number of rotatable bonds is 4. The van der Waals surface area contributed by atoms with Crippen molar-refractivity contribution in [2.45, 2.75) is 65.1 Å².